The second-order valence-electron chi connectivity index (χ2n) is 6.52. The lowest BCUT2D eigenvalue weighted by molar-refractivity contribution is 0.181. The van der Waals surface area contributed by atoms with E-state index in [-0.39, 0.29) is 12.1 Å². The lowest BCUT2D eigenvalue weighted by atomic mass is 9.78. The molecule has 1 aliphatic heterocycles. The summed E-state index contributed by atoms with van der Waals surface area (Å²) < 4.78 is 1.80. The van der Waals surface area contributed by atoms with Crippen LogP contribution >= 0.6 is 11.8 Å². The van der Waals surface area contributed by atoms with E-state index < -0.39 is 0 Å². The summed E-state index contributed by atoms with van der Waals surface area (Å²) in [6.07, 6.45) is 4.95. The van der Waals surface area contributed by atoms with E-state index in [1.54, 1.807) is 4.68 Å². The zero-order valence-corrected chi connectivity index (χ0v) is 14.6. The van der Waals surface area contributed by atoms with Gasteiger partial charge in [-0.1, -0.05) is 24.3 Å². The number of amides is 2. The molecule has 1 aliphatic carbocycles. The lowest BCUT2D eigenvalue weighted by Gasteiger charge is -2.36. The summed E-state index contributed by atoms with van der Waals surface area (Å²) in [4.78, 5) is 14.7. The number of carbonyl (C=O) groups excluding carboxylic acids is 1. The van der Waals surface area contributed by atoms with Crippen LogP contribution in [0, 0.1) is 0 Å². The highest BCUT2D eigenvalue weighted by Crippen LogP contribution is 2.34. The average molecular weight is 342 g/mol. The fourth-order valence-electron chi connectivity index (χ4n) is 3.59. The van der Waals surface area contributed by atoms with Gasteiger partial charge in [-0.05, 0) is 17.5 Å². The summed E-state index contributed by atoms with van der Waals surface area (Å²) in [7, 11) is 1.91. The predicted octanol–water partition coefficient (Wildman–Crippen LogP) is 2.56. The lowest BCUT2D eigenvalue weighted by Crippen LogP contribution is -2.47. The zero-order valence-electron chi connectivity index (χ0n) is 13.8. The number of urea groups is 1. The van der Waals surface area contributed by atoms with Gasteiger partial charge in [0.25, 0.3) is 0 Å². The minimum atomic E-state index is 0.0496. The van der Waals surface area contributed by atoms with Crippen LogP contribution in [0.1, 0.15) is 28.7 Å². The van der Waals surface area contributed by atoms with Crippen LogP contribution in [0.3, 0.4) is 0 Å². The first-order valence-electron chi connectivity index (χ1n) is 8.41. The van der Waals surface area contributed by atoms with Crippen LogP contribution < -0.4 is 5.32 Å². The Morgan fingerprint density at radius 3 is 3.08 bits per heavy atom. The number of nitrogens with zero attached hydrogens (tertiary/aromatic N) is 3. The van der Waals surface area contributed by atoms with E-state index in [4.69, 9.17) is 0 Å². The highest BCUT2D eigenvalue weighted by atomic mass is 32.2. The summed E-state index contributed by atoms with van der Waals surface area (Å²) in [5, 5.41) is 7.41. The third-order valence-electron chi connectivity index (χ3n) is 4.96. The number of thioether (sulfide) groups is 1. The molecule has 1 aromatic carbocycles. The molecule has 5 nitrogen and oxygen atoms in total. The Balaban J connectivity index is 1.39. The van der Waals surface area contributed by atoms with Crippen LogP contribution in [0.4, 0.5) is 4.79 Å². The fourth-order valence-corrected chi connectivity index (χ4v) is 4.68. The van der Waals surface area contributed by atoms with Crippen molar-refractivity contribution < 1.29 is 4.79 Å². The Morgan fingerprint density at radius 2 is 2.29 bits per heavy atom. The molecule has 0 radical (unpaired) electrons. The second-order valence-corrected chi connectivity index (χ2v) is 7.67. The minimum Gasteiger partial charge on any atom is -0.337 e. The molecule has 1 N–H and O–H groups in total. The third-order valence-corrected chi connectivity index (χ3v) is 5.98. The molecule has 0 spiro atoms. The predicted molar refractivity (Wildman–Crippen MR) is 96.3 cm³/mol. The second kappa shape index (κ2) is 6.51. The molecule has 6 heteroatoms. The van der Waals surface area contributed by atoms with Gasteiger partial charge < -0.3 is 10.2 Å². The van der Waals surface area contributed by atoms with Gasteiger partial charge in [0.05, 0.1) is 12.2 Å². The Labute approximate surface area is 146 Å². The number of nitrogens with one attached hydrogen (secondary N) is 1. The first kappa shape index (κ1) is 15.6. The summed E-state index contributed by atoms with van der Waals surface area (Å²) in [5.74, 6) is 2.39. The largest absolute Gasteiger partial charge is 0.337 e. The topological polar surface area (TPSA) is 50.2 Å². The van der Waals surface area contributed by atoms with Gasteiger partial charge in [0.1, 0.15) is 0 Å². The van der Waals surface area contributed by atoms with E-state index in [0.717, 1.165) is 36.6 Å². The van der Waals surface area contributed by atoms with Gasteiger partial charge in [-0.25, -0.2) is 4.79 Å². The van der Waals surface area contributed by atoms with E-state index in [2.05, 4.69) is 34.7 Å². The van der Waals surface area contributed by atoms with Gasteiger partial charge in [-0.3, -0.25) is 4.68 Å². The highest BCUT2D eigenvalue weighted by molar-refractivity contribution is 7.99. The molecule has 1 fully saturated rings. The van der Waals surface area contributed by atoms with Crippen LogP contribution in [0.25, 0.3) is 0 Å². The Bertz CT molecular complexity index is 744. The van der Waals surface area contributed by atoms with Crippen molar-refractivity contribution in [1.82, 2.24) is 20.0 Å². The minimum absolute atomic E-state index is 0.0496. The molecule has 1 aromatic heterocycles. The monoisotopic (exact) mass is 342 g/mol. The Hall–Kier alpha value is -1.95. The van der Waals surface area contributed by atoms with Gasteiger partial charge in [0.15, 0.2) is 0 Å². The Kier molecular flexibility index (Phi) is 4.22. The summed E-state index contributed by atoms with van der Waals surface area (Å²) in [6, 6.07) is 8.67. The molecule has 2 aromatic rings. The van der Waals surface area contributed by atoms with E-state index in [9.17, 15) is 4.79 Å². The van der Waals surface area contributed by atoms with Crippen molar-refractivity contribution in [2.24, 2.45) is 7.05 Å². The number of aryl methyl sites for hydroxylation is 1. The molecule has 0 saturated carbocycles. The number of hydrogen-bond donors (Lipinski definition) is 1. The summed E-state index contributed by atoms with van der Waals surface area (Å²) in [5.41, 5.74) is 3.92. The molecule has 2 atom stereocenters. The first-order chi connectivity index (χ1) is 11.7. The first-order valence-corrected chi connectivity index (χ1v) is 9.56. The molecule has 0 bridgehead atoms. The van der Waals surface area contributed by atoms with E-state index in [0.29, 0.717) is 5.92 Å². The average Bonchev–Trinajstić information content (AvgIpc) is 3.02. The van der Waals surface area contributed by atoms with E-state index in [1.165, 1.54) is 11.1 Å². The molecule has 2 unspecified atom stereocenters. The Morgan fingerprint density at radius 1 is 1.42 bits per heavy atom. The summed E-state index contributed by atoms with van der Waals surface area (Å²) in [6.45, 7) is 1.51. The van der Waals surface area contributed by atoms with Crippen LogP contribution in [0.2, 0.25) is 0 Å². The van der Waals surface area contributed by atoms with Crippen LogP contribution in [0.15, 0.2) is 36.7 Å². The molecule has 2 amide bonds. The van der Waals surface area contributed by atoms with Crippen molar-refractivity contribution in [3.8, 4) is 0 Å². The smallest absolute Gasteiger partial charge is 0.317 e. The van der Waals surface area contributed by atoms with Gasteiger partial charge in [0, 0.05) is 49.3 Å². The molecule has 126 valence electrons. The molecule has 4 rings (SSSR count). The normalized spacial score (nSPS) is 22.6. The number of carbonyl (C=O) groups is 1. The van der Waals surface area contributed by atoms with Crippen molar-refractivity contribution in [3.05, 3.63) is 53.3 Å². The maximum atomic E-state index is 12.7. The summed E-state index contributed by atoms with van der Waals surface area (Å²) >= 11 is 1.90. The van der Waals surface area contributed by atoms with Gasteiger partial charge >= 0.3 is 6.03 Å². The van der Waals surface area contributed by atoms with E-state index >= 15 is 0 Å². The molecule has 1 saturated heterocycles. The molecule has 2 heterocycles. The van der Waals surface area contributed by atoms with Crippen molar-refractivity contribution in [3.63, 3.8) is 0 Å². The molecule has 2 aliphatic rings. The zero-order chi connectivity index (χ0) is 16.5. The molecular formula is C18H22N4OS. The number of aromatic nitrogens is 2. The molecular weight excluding hydrogens is 320 g/mol. The third kappa shape index (κ3) is 2.90. The molecule has 24 heavy (non-hydrogen) atoms. The van der Waals surface area contributed by atoms with Crippen LogP contribution in [0.5, 0.6) is 0 Å². The van der Waals surface area contributed by atoms with Gasteiger partial charge in [-0.2, -0.15) is 16.9 Å². The van der Waals surface area contributed by atoms with Crippen molar-refractivity contribution in [2.45, 2.75) is 18.4 Å². The number of fused-ring (bicyclic) bond motifs is 1. The highest BCUT2D eigenvalue weighted by Gasteiger charge is 2.31. The van der Waals surface area contributed by atoms with E-state index in [1.807, 2.05) is 36.1 Å². The quantitative estimate of drug-likeness (QED) is 0.933. The number of rotatable bonds is 3. The SMILES string of the molecule is Cn1cc(C2CSCCN2C(=O)NCC2Cc3ccccc32)cn1. The van der Waals surface area contributed by atoms with Crippen molar-refractivity contribution >= 4 is 17.8 Å². The van der Waals surface area contributed by atoms with Crippen molar-refractivity contribution in [2.75, 3.05) is 24.6 Å². The maximum absolute atomic E-state index is 12.7. The maximum Gasteiger partial charge on any atom is 0.317 e. The van der Waals surface area contributed by atoms with Crippen LogP contribution in [-0.4, -0.2) is 45.3 Å². The van der Waals surface area contributed by atoms with Gasteiger partial charge in [-0.15, -0.1) is 0 Å². The van der Waals surface area contributed by atoms with Gasteiger partial charge in [0.2, 0.25) is 0 Å². The fraction of sp³-hybridized carbons (Fsp3) is 0.444. The number of benzene rings is 1. The van der Waals surface area contributed by atoms with Crippen molar-refractivity contribution in [1.29, 1.82) is 0 Å². The van der Waals surface area contributed by atoms with Crippen LogP contribution in [-0.2, 0) is 13.5 Å². The number of hydrogen-bond acceptors (Lipinski definition) is 3. The standard InChI is InChI=1S/C18H22N4OS/c1-21-11-15(10-20-21)17-12-24-7-6-22(17)18(23)19-9-14-8-13-4-2-3-5-16(13)14/h2-5,10-11,14,17H,6-9,12H2,1H3,(H,19,23).